The molecule has 3 aromatic rings. The normalized spacial score (nSPS) is 15.1. The molecule has 4 rings (SSSR count). The van der Waals surface area contributed by atoms with Gasteiger partial charge in [-0.05, 0) is 99.4 Å². The van der Waals surface area contributed by atoms with E-state index < -0.39 is 17.8 Å². The highest BCUT2D eigenvalue weighted by atomic mass is 32.1. The molecule has 0 aliphatic carbocycles. The number of anilines is 1. The summed E-state index contributed by atoms with van der Waals surface area (Å²) < 4.78 is 1.92. The number of carbonyl (C=O) groups is 3. The first-order valence-corrected chi connectivity index (χ1v) is 11.4. The molecule has 0 radical (unpaired) electrons. The molecule has 1 saturated heterocycles. The summed E-state index contributed by atoms with van der Waals surface area (Å²) in [5, 5.41) is 12.2. The number of carboxylic acids is 1. The number of hydrogen-bond acceptors (Lipinski definition) is 4. The molecule has 0 bridgehead atoms. The Morgan fingerprint density at radius 1 is 0.971 bits per heavy atom. The Balaban J connectivity index is 1.82. The molecule has 1 aliphatic rings. The van der Waals surface area contributed by atoms with Crippen LogP contribution in [0.1, 0.15) is 44.0 Å². The van der Waals surface area contributed by atoms with Gasteiger partial charge in [-0.1, -0.05) is 18.2 Å². The van der Waals surface area contributed by atoms with Crippen molar-refractivity contribution in [2.24, 2.45) is 0 Å². The van der Waals surface area contributed by atoms with Crippen LogP contribution in [0.2, 0.25) is 0 Å². The number of amides is 2. The number of thiocarbonyl (C=S) groups is 1. The predicted octanol–water partition coefficient (Wildman–Crippen LogP) is 4.55. The lowest BCUT2D eigenvalue weighted by Gasteiger charge is -2.30. The fraction of sp³-hybridized carbons (Fsp3) is 0.185. The van der Waals surface area contributed by atoms with Crippen molar-refractivity contribution >= 4 is 46.9 Å². The van der Waals surface area contributed by atoms with Crippen LogP contribution in [0.25, 0.3) is 11.8 Å². The van der Waals surface area contributed by atoms with Crippen molar-refractivity contribution in [3.05, 3.63) is 87.2 Å². The zero-order valence-corrected chi connectivity index (χ0v) is 20.9. The van der Waals surface area contributed by atoms with Crippen LogP contribution in [0.3, 0.4) is 0 Å². The minimum absolute atomic E-state index is 0.0317. The summed E-state index contributed by atoms with van der Waals surface area (Å²) in [4.78, 5) is 39.3. The van der Waals surface area contributed by atoms with Gasteiger partial charge < -0.3 is 9.67 Å². The summed E-state index contributed by atoms with van der Waals surface area (Å²) in [6.45, 7) is 9.37. The van der Waals surface area contributed by atoms with Gasteiger partial charge in [0.15, 0.2) is 5.11 Å². The average molecular weight is 488 g/mol. The Labute approximate surface area is 208 Å². The molecule has 8 heteroatoms. The quantitative estimate of drug-likeness (QED) is 0.320. The zero-order valence-electron chi connectivity index (χ0n) is 20.1. The zero-order chi connectivity index (χ0) is 25.6. The molecule has 2 N–H and O–H groups in total. The summed E-state index contributed by atoms with van der Waals surface area (Å²) in [7, 11) is 0. The molecule has 0 spiro atoms. The molecule has 2 aromatic carbocycles. The van der Waals surface area contributed by atoms with Gasteiger partial charge in [0.05, 0.1) is 11.3 Å². The van der Waals surface area contributed by atoms with Crippen LogP contribution in [0.5, 0.6) is 0 Å². The molecular weight excluding hydrogens is 462 g/mol. The molecule has 1 fully saturated rings. The van der Waals surface area contributed by atoms with Crippen molar-refractivity contribution in [1.82, 2.24) is 9.88 Å². The molecule has 0 saturated carbocycles. The minimum atomic E-state index is -0.999. The molecule has 1 aromatic heterocycles. The number of aryl methyl sites for hydroxylation is 2. The Kier molecular flexibility index (Phi) is 6.17. The van der Waals surface area contributed by atoms with Crippen LogP contribution in [0.4, 0.5) is 5.69 Å². The van der Waals surface area contributed by atoms with Crippen molar-refractivity contribution in [1.29, 1.82) is 0 Å². The van der Waals surface area contributed by atoms with Gasteiger partial charge in [-0.2, -0.15) is 0 Å². The number of rotatable bonds is 4. The van der Waals surface area contributed by atoms with Crippen LogP contribution in [-0.2, 0) is 9.59 Å². The van der Waals surface area contributed by atoms with Crippen LogP contribution in [-0.4, -0.2) is 32.6 Å². The monoisotopic (exact) mass is 487 g/mol. The van der Waals surface area contributed by atoms with Gasteiger partial charge in [-0.3, -0.25) is 19.8 Å². The standard InChI is InChI=1S/C27H25N3O4S/c1-14-8-6-10-22(16(14)3)30-25(32)21(24(31)28-27(30)35)13-19-12-15(2)29(18(19)5)23-11-7-9-20(17(23)4)26(33)34/h6-13H,1-5H3,(H,33,34)(H,28,31,35)/b21-13+. The van der Waals surface area contributed by atoms with E-state index in [2.05, 4.69) is 5.32 Å². The molecule has 178 valence electrons. The van der Waals surface area contributed by atoms with E-state index in [1.807, 2.05) is 56.5 Å². The lowest BCUT2D eigenvalue weighted by atomic mass is 10.0. The number of nitrogens with one attached hydrogen (secondary N) is 1. The maximum absolute atomic E-state index is 13.5. The maximum atomic E-state index is 13.5. The molecule has 2 amide bonds. The van der Waals surface area contributed by atoms with Crippen LogP contribution < -0.4 is 10.2 Å². The van der Waals surface area contributed by atoms with Crippen molar-refractivity contribution in [3.63, 3.8) is 0 Å². The summed E-state index contributed by atoms with van der Waals surface area (Å²) in [6, 6.07) is 12.6. The number of carboxylic acid groups (broad SMARTS) is 1. The van der Waals surface area contributed by atoms with Crippen molar-refractivity contribution < 1.29 is 19.5 Å². The van der Waals surface area contributed by atoms with Gasteiger partial charge in [-0.25, -0.2) is 4.79 Å². The van der Waals surface area contributed by atoms with Crippen molar-refractivity contribution in [3.8, 4) is 5.69 Å². The third-order valence-electron chi connectivity index (χ3n) is 6.47. The summed E-state index contributed by atoms with van der Waals surface area (Å²) in [6.07, 6.45) is 1.56. The second-order valence-electron chi connectivity index (χ2n) is 8.59. The summed E-state index contributed by atoms with van der Waals surface area (Å²) in [5.74, 6) is -2.06. The Hall–Kier alpha value is -4.04. The summed E-state index contributed by atoms with van der Waals surface area (Å²) in [5.41, 5.74) is 6.34. The summed E-state index contributed by atoms with van der Waals surface area (Å²) >= 11 is 5.34. The molecule has 7 nitrogen and oxygen atoms in total. The highest BCUT2D eigenvalue weighted by Gasteiger charge is 2.35. The third kappa shape index (κ3) is 4.06. The van der Waals surface area contributed by atoms with Gasteiger partial charge in [0.1, 0.15) is 5.57 Å². The molecule has 35 heavy (non-hydrogen) atoms. The van der Waals surface area contributed by atoms with Gasteiger partial charge >= 0.3 is 5.97 Å². The lowest BCUT2D eigenvalue weighted by molar-refractivity contribution is -0.122. The van der Waals surface area contributed by atoms with Gasteiger partial charge in [-0.15, -0.1) is 0 Å². The van der Waals surface area contributed by atoms with E-state index in [0.29, 0.717) is 16.8 Å². The van der Waals surface area contributed by atoms with E-state index in [0.717, 1.165) is 28.2 Å². The number of aromatic nitrogens is 1. The van der Waals surface area contributed by atoms with E-state index in [-0.39, 0.29) is 16.2 Å². The average Bonchev–Trinajstić information content (AvgIpc) is 3.06. The van der Waals surface area contributed by atoms with E-state index in [4.69, 9.17) is 12.2 Å². The third-order valence-corrected chi connectivity index (χ3v) is 6.75. The number of nitrogens with zero attached hydrogens (tertiary/aromatic N) is 2. The van der Waals surface area contributed by atoms with E-state index in [9.17, 15) is 19.5 Å². The van der Waals surface area contributed by atoms with E-state index in [1.165, 1.54) is 4.90 Å². The highest BCUT2D eigenvalue weighted by molar-refractivity contribution is 7.80. The van der Waals surface area contributed by atoms with Crippen LogP contribution >= 0.6 is 12.2 Å². The largest absolute Gasteiger partial charge is 0.478 e. The van der Waals surface area contributed by atoms with Crippen LogP contribution in [0.15, 0.2) is 48.0 Å². The topological polar surface area (TPSA) is 91.6 Å². The van der Waals surface area contributed by atoms with E-state index >= 15 is 0 Å². The fourth-order valence-electron chi connectivity index (χ4n) is 4.41. The molecular formula is C27H25N3O4S. The molecule has 0 unspecified atom stereocenters. The second-order valence-corrected chi connectivity index (χ2v) is 8.98. The first-order chi connectivity index (χ1) is 16.5. The van der Waals surface area contributed by atoms with Gasteiger partial charge in [0.25, 0.3) is 11.8 Å². The molecule has 0 atom stereocenters. The smallest absolute Gasteiger partial charge is 0.336 e. The van der Waals surface area contributed by atoms with Crippen molar-refractivity contribution in [2.75, 3.05) is 4.90 Å². The number of benzene rings is 2. The Morgan fingerprint density at radius 2 is 1.63 bits per heavy atom. The first-order valence-electron chi connectivity index (χ1n) is 11.0. The lowest BCUT2D eigenvalue weighted by Crippen LogP contribution is -2.54. The van der Waals surface area contributed by atoms with Gasteiger partial charge in [0, 0.05) is 17.1 Å². The number of hydrogen-bond donors (Lipinski definition) is 2. The first kappa shape index (κ1) is 24.1. The van der Waals surface area contributed by atoms with E-state index in [1.54, 1.807) is 31.2 Å². The maximum Gasteiger partial charge on any atom is 0.336 e. The SMILES string of the molecule is Cc1cccc(N2C(=O)/C(=C/c3cc(C)n(-c4cccc(C(=O)O)c4C)c3C)C(=O)NC2=S)c1C. The Bertz CT molecular complexity index is 1470. The van der Waals surface area contributed by atoms with Gasteiger partial charge in [0.2, 0.25) is 0 Å². The molecule has 1 aliphatic heterocycles. The minimum Gasteiger partial charge on any atom is -0.478 e. The second kappa shape index (κ2) is 8.96. The Morgan fingerprint density at radius 3 is 2.31 bits per heavy atom. The molecule has 2 heterocycles. The fourth-order valence-corrected chi connectivity index (χ4v) is 4.69. The van der Waals surface area contributed by atoms with Crippen molar-refractivity contribution in [2.45, 2.75) is 34.6 Å². The number of aromatic carboxylic acids is 1. The van der Waals surface area contributed by atoms with Crippen LogP contribution in [0, 0.1) is 34.6 Å². The number of carbonyl (C=O) groups excluding carboxylic acids is 2. The predicted molar refractivity (Wildman–Crippen MR) is 139 cm³/mol. The highest BCUT2D eigenvalue weighted by Crippen LogP contribution is 2.30.